The van der Waals surface area contributed by atoms with Gasteiger partial charge in [0, 0.05) is 23.3 Å². The van der Waals surface area contributed by atoms with Crippen molar-refractivity contribution in [2.75, 3.05) is 18.5 Å². The fourth-order valence-corrected chi connectivity index (χ4v) is 1.51. The van der Waals surface area contributed by atoms with Gasteiger partial charge in [-0.25, -0.2) is 0 Å². The number of amides is 1. The van der Waals surface area contributed by atoms with Gasteiger partial charge in [-0.1, -0.05) is 17.7 Å². The SMILES string of the molecule is CN(CC(N)=O)c1cc(Cl)ccc1CO. The van der Waals surface area contributed by atoms with E-state index in [0.717, 1.165) is 0 Å². The highest BCUT2D eigenvalue weighted by Gasteiger charge is 2.09. The molecular formula is C10H13ClN2O2. The van der Waals surface area contributed by atoms with Crippen molar-refractivity contribution in [2.45, 2.75) is 6.61 Å². The largest absolute Gasteiger partial charge is 0.392 e. The fraction of sp³-hybridized carbons (Fsp3) is 0.300. The highest BCUT2D eigenvalue weighted by Crippen LogP contribution is 2.23. The second-order valence-corrected chi connectivity index (χ2v) is 3.69. The van der Waals surface area contributed by atoms with Gasteiger partial charge in [-0.15, -0.1) is 0 Å². The molecule has 0 heterocycles. The molecule has 15 heavy (non-hydrogen) atoms. The summed E-state index contributed by atoms with van der Waals surface area (Å²) in [6.07, 6.45) is 0. The molecule has 0 aromatic heterocycles. The number of hydrogen-bond donors (Lipinski definition) is 2. The van der Waals surface area contributed by atoms with Crippen molar-refractivity contribution in [3.05, 3.63) is 28.8 Å². The standard InChI is InChI=1S/C10H13ClN2O2/c1-13(5-10(12)15)9-4-8(11)3-2-7(9)6-14/h2-4,14H,5-6H2,1H3,(H2,12,15). The summed E-state index contributed by atoms with van der Waals surface area (Å²) in [4.78, 5) is 12.4. The van der Waals surface area contributed by atoms with Crippen molar-refractivity contribution in [3.8, 4) is 0 Å². The van der Waals surface area contributed by atoms with Crippen LogP contribution in [0.15, 0.2) is 18.2 Å². The lowest BCUT2D eigenvalue weighted by Crippen LogP contribution is -2.31. The third kappa shape index (κ3) is 3.11. The molecule has 0 fully saturated rings. The highest BCUT2D eigenvalue weighted by atomic mass is 35.5. The summed E-state index contributed by atoms with van der Waals surface area (Å²) >= 11 is 5.83. The quantitative estimate of drug-likeness (QED) is 0.800. The fourth-order valence-electron chi connectivity index (χ4n) is 1.34. The Labute approximate surface area is 93.2 Å². The number of likely N-dealkylation sites (N-methyl/N-ethyl adjacent to an activating group) is 1. The number of rotatable bonds is 4. The molecule has 3 N–H and O–H groups in total. The number of carbonyl (C=O) groups is 1. The molecule has 0 spiro atoms. The van der Waals surface area contributed by atoms with Crippen LogP contribution in [0.2, 0.25) is 5.02 Å². The maximum Gasteiger partial charge on any atom is 0.236 e. The van der Waals surface area contributed by atoms with E-state index in [2.05, 4.69) is 0 Å². The van der Waals surface area contributed by atoms with E-state index in [4.69, 9.17) is 22.4 Å². The zero-order chi connectivity index (χ0) is 11.4. The van der Waals surface area contributed by atoms with E-state index in [9.17, 15) is 4.79 Å². The predicted molar refractivity (Wildman–Crippen MR) is 59.8 cm³/mol. The summed E-state index contributed by atoms with van der Waals surface area (Å²) in [6.45, 7) is -0.0110. The first-order valence-electron chi connectivity index (χ1n) is 4.43. The van der Waals surface area contributed by atoms with Gasteiger partial charge >= 0.3 is 0 Å². The summed E-state index contributed by atoms with van der Waals surface area (Å²) in [7, 11) is 1.72. The van der Waals surface area contributed by atoms with Crippen LogP contribution in [0.3, 0.4) is 0 Å². The number of anilines is 1. The monoisotopic (exact) mass is 228 g/mol. The van der Waals surface area contributed by atoms with Crippen molar-refractivity contribution in [1.29, 1.82) is 0 Å². The molecule has 82 valence electrons. The van der Waals surface area contributed by atoms with E-state index in [1.165, 1.54) is 0 Å². The molecule has 5 heteroatoms. The first-order valence-corrected chi connectivity index (χ1v) is 4.81. The molecule has 1 aromatic carbocycles. The molecule has 0 aliphatic carbocycles. The Morgan fingerprint density at radius 2 is 2.27 bits per heavy atom. The number of nitrogens with two attached hydrogens (primary N) is 1. The number of aliphatic hydroxyl groups is 1. The smallest absolute Gasteiger partial charge is 0.236 e. The summed E-state index contributed by atoms with van der Waals surface area (Å²) < 4.78 is 0. The summed E-state index contributed by atoms with van der Waals surface area (Å²) in [5.74, 6) is -0.429. The van der Waals surface area contributed by atoms with Crippen LogP contribution in [0, 0.1) is 0 Å². The average Bonchev–Trinajstić information content (AvgIpc) is 2.16. The van der Waals surface area contributed by atoms with Crippen LogP contribution in [0.5, 0.6) is 0 Å². The minimum atomic E-state index is -0.429. The molecule has 0 saturated heterocycles. The average molecular weight is 229 g/mol. The lowest BCUT2D eigenvalue weighted by atomic mass is 10.1. The van der Waals surface area contributed by atoms with Crippen LogP contribution >= 0.6 is 11.6 Å². The van der Waals surface area contributed by atoms with E-state index in [1.807, 2.05) is 0 Å². The number of primary amides is 1. The number of carbonyl (C=O) groups excluding carboxylic acids is 1. The normalized spacial score (nSPS) is 10.1. The van der Waals surface area contributed by atoms with Gasteiger partial charge in [0.25, 0.3) is 0 Å². The molecule has 0 atom stereocenters. The summed E-state index contributed by atoms with van der Waals surface area (Å²) in [5.41, 5.74) is 6.51. The number of nitrogens with zero attached hydrogens (tertiary/aromatic N) is 1. The summed E-state index contributed by atoms with van der Waals surface area (Å²) in [5, 5.41) is 9.66. The Hall–Kier alpha value is -1.26. The highest BCUT2D eigenvalue weighted by molar-refractivity contribution is 6.30. The first-order chi connectivity index (χ1) is 7.04. The van der Waals surface area contributed by atoms with Crippen molar-refractivity contribution in [2.24, 2.45) is 5.73 Å². The minimum absolute atomic E-state index is 0.0906. The van der Waals surface area contributed by atoms with Gasteiger partial charge in [0.1, 0.15) is 0 Å². The van der Waals surface area contributed by atoms with Crippen LogP contribution in [0.4, 0.5) is 5.69 Å². The molecule has 1 aromatic rings. The van der Waals surface area contributed by atoms with E-state index in [-0.39, 0.29) is 13.2 Å². The number of benzene rings is 1. The third-order valence-corrected chi connectivity index (χ3v) is 2.26. The second-order valence-electron chi connectivity index (χ2n) is 3.25. The molecule has 0 aliphatic heterocycles. The van der Waals surface area contributed by atoms with Gasteiger partial charge in [-0.05, 0) is 12.1 Å². The van der Waals surface area contributed by atoms with E-state index < -0.39 is 5.91 Å². The van der Waals surface area contributed by atoms with E-state index >= 15 is 0 Å². The molecule has 1 amide bonds. The van der Waals surface area contributed by atoms with Crippen molar-refractivity contribution >= 4 is 23.2 Å². The summed E-state index contributed by atoms with van der Waals surface area (Å²) in [6, 6.07) is 5.10. The van der Waals surface area contributed by atoms with Gasteiger partial charge in [-0.3, -0.25) is 4.79 Å². The Balaban J connectivity index is 2.99. The first kappa shape index (κ1) is 11.8. The van der Waals surface area contributed by atoms with Gasteiger partial charge in [-0.2, -0.15) is 0 Å². The lowest BCUT2D eigenvalue weighted by Gasteiger charge is -2.20. The zero-order valence-corrected chi connectivity index (χ0v) is 9.16. The van der Waals surface area contributed by atoms with E-state index in [0.29, 0.717) is 16.3 Å². The van der Waals surface area contributed by atoms with Gasteiger partial charge < -0.3 is 15.7 Å². The molecule has 1 rings (SSSR count). The van der Waals surface area contributed by atoms with Gasteiger partial charge in [0.15, 0.2) is 0 Å². The van der Waals surface area contributed by atoms with Crippen LogP contribution in [0.25, 0.3) is 0 Å². The Morgan fingerprint density at radius 3 is 2.80 bits per heavy atom. The molecule has 0 aliphatic rings. The Bertz CT molecular complexity index is 368. The van der Waals surface area contributed by atoms with Crippen LogP contribution in [-0.4, -0.2) is 24.6 Å². The second kappa shape index (κ2) is 5.00. The predicted octanol–water partition coefficient (Wildman–Crippen LogP) is 0.754. The molecule has 0 unspecified atom stereocenters. The van der Waals surface area contributed by atoms with Gasteiger partial charge in [0.2, 0.25) is 5.91 Å². The molecule has 0 bridgehead atoms. The van der Waals surface area contributed by atoms with E-state index in [1.54, 1.807) is 30.1 Å². The minimum Gasteiger partial charge on any atom is -0.392 e. The van der Waals surface area contributed by atoms with Crippen molar-refractivity contribution in [1.82, 2.24) is 0 Å². The Morgan fingerprint density at radius 1 is 1.60 bits per heavy atom. The zero-order valence-electron chi connectivity index (χ0n) is 8.40. The van der Waals surface area contributed by atoms with Crippen LogP contribution in [0.1, 0.15) is 5.56 Å². The molecule has 4 nitrogen and oxygen atoms in total. The number of halogens is 1. The van der Waals surface area contributed by atoms with Crippen molar-refractivity contribution < 1.29 is 9.90 Å². The maximum absolute atomic E-state index is 10.8. The van der Waals surface area contributed by atoms with Gasteiger partial charge in [0.05, 0.1) is 13.2 Å². The maximum atomic E-state index is 10.8. The third-order valence-electron chi connectivity index (χ3n) is 2.02. The number of aliphatic hydroxyl groups excluding tert-OH is 1. The molecule has 0 radical (unpaired) electrons. The van der Waals surface area contributed by atoms with Crippen LogP contribution in [-0.2, 0) is 11.4 Å². The number of hydrogen-bond acceptors (Lipinski definition) is 3. The lowest BCUT2D eigenvalue weighted by molar-refractivity contribution is -0.116. The van der Waals surface area contributed by atoms with Crippen LogP contribution < -0.4 is 10.6 Å². The van der Waals surface area contributed by atoms with Crippen molar-refractivity contribution in [3.63, 3.8) is 0 Å². The molecule has 0 saturated carbocycles. The molecular weight excluding hydrogens is 216 g/mol. The Kier molecular flexibility index (Phi) is 3.94. The topological polar surface area (TPSA) is 66.6 Å².